The highest BCUT2D eigenvalue weighted by Crippen LogP contribution is 2.24. The minimum atomic E-state index is -0.425. The second kappa shape index (κ2) is 6.87. The number of aryl methyl sites for hydroxylation is 1. The molecule has 1 amide bonds. The highest BCUT2D eigenvalue weighted by molar-refractivity contribution is 9.10. The third-order valence-corrected chi connectivity index (χ3v) is 3.50. The first-order chi connectivity index (χ1) is 10.1. The average molecular weight is 341 g/mol. The minimum absolute atomic E-state index is 0.0636. The van der Waals surface area contributed by atoms with Crippen molar-refractivity contribution in [3.8, 4) is 6.07 Å². The van der Waals surface area contributed by atoms with E-state index in [1.165, 1.54) is 0 Å². The number of anilines is 1. The molecule has 0 aliphatic rings. The van der Waals surface area contributed by atoms with Crippen LogP contribution in [0.1, 0.15) is 11.1 Å². The van der Waals surface area contributed by atoms with Crippen LogP contribution in [-0.2, 0) is 4.79 Å². The lowest BCUT2D eigenvalue weighted by atomic mass is 10.1. The third-order valence-electron chi connectivity index (χ3n) is 2.85. The van der Waals surface area contributed by atoms with Crippen LogP contribution in [0.4, 0.5) is 5.69 Å². The van der Waals surface area contributed by atoms with Gasteiger partial charge in [-0.25, -0.2) is 0 Å². The average Bonchev–Trinajstić information content (AvgIpc) is 2.48. The summed E-state index contributed by atoms with van der Waals surface area (Å²) in [6, 6.07) is 16.8. The molecule has 3 nitrogen and oxygen atoms in total. The summed E-state index contributed by atoms with van der Waals surface area (Å²) in [6.07, 6.45) is 1.57. The normalized spacial score (nSPS) is 10.8. The maximum absolute atomic E-state index is 12.2. The predicted octanol–water partition coefficient (Wildman–Crippen LogP) is 4.30. The summed E-state index contributed by atoms with van der Waals surface area (Å²) in [4.78, 5) is 12.2. The minimum Gasteiger partial charge on any atom is -0.320 e. The van der Waals surface area contributed by atoms with Crippen molar-refractivity contribution >= 4 is 33.6 Å². The molecule has 0 fully saturated rings. The number of rotatable bonds is 3. The largest absolute Gasteiger partial charge is 0.320 e. The van der Waals surface area contributed by atoms with Crippen molar-refractivity contribution in [3.63, 3.8) is 0 Å². The van der Waals surface area contributed by atoms with Crippen molar-refractivity contribution in [2.75, 3.05) is 5.32 Å². The third kappa shape index (κ3) is 4.04. The number of nitrogens with one attached hydrogen (secondary N) is 1. The topological polar surface area (TPSA) is 52.9 Å². The molecule has 21 heavy (non-hydrogen) atoms. The highest BCUT2D eigenvalue weighted by atomic mass is 79.9. The van der Waals surface area contributed by atoms with Gasteiger partial charge in [0.25, 0.3) is 5.91 Å². The first-order valence-electron chi connectivity index (χ1n) is 6.34. The molecule has 2 aromatic rings. The Kier molecular flexibility index (Phi) is 4.91. The predicted molar refractivity (Wildman–Crippen MR) is 87.5 cm³/mol. The maximum Gasteiger partial charge on any atom is 0.266 e. The molecule has 0 saturated heterocycles. The molecule has 0 bridgehead atoms. The van der Waals surface area contributed by atoms with E-state index in [0.29, 0.717) is 5.69 Å². The first-order valence-corrected chi connectivity index (χ1v) is 7.14. The summed E-state index contributed by atoms with van der Waals surface area (Å²) in [5.41, 5.74) is 2.60. The van der Waals surface area contributed by atoms with Gasteiger partial charge in [-0.05, 0) is 52.2 Å². The standard InChI is InChI=1S/C17H13BrN2O/c1-12-7-8-16(15(18)9-12)20-17(21)14(11-19)10-13-5-3-2-4-6-13/h2-10H,1H3,(H,20,21). The van der Waals surface area contributed by atoms with E-state index in [-0.39, 0.29) is 5.57 Å². The Morgan fingerprint density at radius 3 is 2.57 bits per heavy atom. The van der Waals surface area contributed by atoms with Crippen LogP contribution in [0.5, 0.6) is 0 Å². The molecule has 1 N–H and O–H groups in total. The Bertz CT molecular complexity index is 730. The molecule has 0 heterocycles. The van der Waals surface area contributed by atoms with E-state index >= 15 is 0 Å². The van der Waals surface area contributed by atoms with E-state index in [0.717, 1.165) is 15.6 Å². The van der Waals surface area contributed by atoms with Crippen LogP contribution < -0.4 is 5.32 Å². The van der Waals surface area contributed by atoms with Gasteiger partial charge in [-0.3, -0.25) is 4.79 Å². The number of nitriles is 1. The smallest absolute Gasteiger partial charge is 0.266 e. The van der Waals surface area contributed by atoms with Crippen molar-refractivity contribution in [3.05, 3.63) is 69.7 Å². The van der Waals surface area contributed by atoms with E-state index in [1.54, 1.807) is 12.1 Å². The van der Waals surface area contributed by atoms with Crippen LogP contribution >= 0.6 is 15.9 Å². The maximum atomic E-state index is 12.2. The van der Waals surface area contributed by atoms with Crippen LogP contribution in [0.3, 0.4) is 0 Å². The monoisotopic (exact) mass is 340 g/mol. The van der Waals surface area contributed by atoms with Crippen molar-refractivity contribution in [2.24, 2.45) is 0 Å². The molecule has 0 spiro atoms. The van der Waals surface area contributed by atoms with Crippen LogP contribution in [0.2, 0.25) is 0 Å². The van der Waals surface area contributed by atoms with Gasteiger partial charge in [-0.15, -0.1) is 0 Å². The van der Waals surface area contributed by atoms with Crippen molar-refractivity contribution < 1.29 is 4.79 Å². The summed E-state index contributed by atoms with van der Waals surface area (Å²) >= 11 is 3.40. The Hall–Kier alpha value is -2.38. The zero-order valence-electron chi connectivity index (χ0n) is 11.4. The molecule has 2 rings (SSSR count). The fourth-order valence-electron chi connectivity index (χ4n) is 1.78. The second-order valence-electron chi connectivity index (χ2n) is 4.52. The Labute approximate surface area is 132 Å². The summed E-state index contributed by atoms with van der Waals surface area (Å²) in [5.74, 6) is -0.425. The zero-order chi connectivity index (χ0) is 15.2. The first kappa shape index (κ1) is 15.0. The molecular formula is C17H13BrN2O. The zero-order valence-corrected chi connectivity index (χ0v) is 13.0. The molecular weight excluding hydrogens is 328 g/mol. The molecule has 104 valence electrons. The number of carbonyl (C=O) groups excluding carboxylic acids is 1. The Balaban J connectivity index is 2.22. The van der Waals surface area contributed by atoms with E-state index < -0.39 is 5.91 Å². The van der Waals surface area contributed by atoms with Gasteiger partial charge < -0.3 is 5.32 Å². The quantitative estimate of drug-likeness (QED) is 0.668. The van der Waals surface area contributed by atoms with Gasteiger partial charge in [0.05, 0.1) is 5.69 Å². The van der Waals surface area contributed by atoms with E-state index in [4.69, 9.17) is 5.26 Å². The molecule has 0 atom stereocenters. The summed E-state index contributed by atoms with van der Waals surface area (Å²) in [7, 11) is 0. The molecule has 0 radical (unpaired) electrons. The number of hydrogen-bond donors (Lipinski definition) is 1. The van der Waals surface area contributed by atoms with Gasteiger partial charge in [0.1, 0.15) is 11.6 Å². The van der Waals surface area contributed by atoms with Crippen molar-refractivity contribution in [1.82, 2.24) is 0 Å². The van der Waals surface area contributed by atoms with E-state index in [1.807, 2.05) is 55.5 Å². The molecule has 2 aromatic carbocycles. The number of benzene rings is 2. The van der Waals surface area contributed by atoms with Crippen LogP contribution in [0.25, 0.3) is 6.08 Å². The molecule has 4 heteroatoms. The number of hydrogen-bond acceptors (Lipinski definition) is 2. The number of carbonyl (C=O) groups is 1. The van der Waals surface area contributed by atoms with Crippen LogP contribution in [-0.4, -0.2) is 5.91 Å². The number of amides is 1. The lowest BCUT2D eigenvalue weighted by Crippen LogP contribution is -2.13. The lowest BCUT2D eigenvalue weighted by molar-refractivity contribution is -0.112. The fourth-order valence-corrected chi connectivity index (χ4v) is 2.37. The summed E-state index contributed by atoms with van der Waals surface area (Å²) in [6.45, 7) is 1.96. The number of halogens is 1. The number of nitrogens with zero attached hydrogens (tertiary/aromatic N) is 1. The molecule has 0 aromatic heterocycles. The Morgan fingerprint density at radius 1 is 1.24 bits per heavy atom. The summed E-state index contributed by atoms with van der Waals surface area (Å²) in [5, 5.41) is 11.9. The van der Waals surface area contributed by atoms with Gasteiger partial charge in [-0.2, -0.15) is 5.26 Å². The van der Waals surface area contributed by atoms with Gasteiger partial charge in [0, 0.05) is 4.47 Å². The summed E-state index contributed by atoms with van der Waals surface area (Å²) < 4.78 is 0.785. The molecule has 0 unspecified atom stereocenters. The molecule has 0 aliphatic heterocycles. The van der Waals surface area contributed by atoms with E-state index in [2.05, 4.69) is 21.2 Å². The highest BCUT2D eigenvalue weighted by Gasteiger charge is 2.11. The SMILES string of the molecule is Cc1ccc(NC(=O)C(C#N)=Cc2ccccc2)c(Br)c1. The lowest BCUT2D eigenvalue weighted by Gasteiger charge is -2.07. The fraction of sp³-hybridized carbons (Fsp3) is 0.0588. The van der Waals surface area contributed by atoms with Gasteiger partial charge in [-0.1, -0.05) is 36.4 Å². The van der Waals surface area contributed by atoms with Gasteiger partial charge in [0.15, 0.2) is 0 Å². The van der Waals surface area contributed by atoms with Crippen molar-refractivity contribution in [2.45, 2.75) is 6.92 Å². The van der Waals surface area contributed by atoms with E-state index in [9.17, 15) is 4.79 Å². The molecule has 0 saturated carbocycles. The van der Waals surface area contributed by atoms with Gasteiger partial charge in [0.2, 0.25) is 0 Å². The second-order valence-corrected chi connectivity index (χ2v) is 5.37. The van der Waals surface area contributed by atoms with Gasteiger partial charge >= 0.3 is 0 Å². The Morgan fingerprint density at radius 2 is 1.95 bits per heavy atom. The van der Waals surface area contributed by atoms with Crippen LogP contribution in [0, 0.1) is 18.3 Å². The molecule has 0 aliphatic carbocycles. The van der Waals surface area contributed by atoms with Crippen LogP contribution in [0.15, 0.2) is 58.6 Å². The van der Waals surface area contributed by atoms with Crippen molar-refractivity contribution in [1.29, 1.82) is 5.26 Å².